The summed E-state index contributed by atoms with van der Waals surface area (Å²) in [5.74, 6) is -1.05. The third-order valence-electron chi connectivity index (χ3n) is 4.12. The van der Waals surface area contributed by atoms with Crippen molar-refractivity contribution in [2.45, 2.75) is 19.8 Å². The second-order valence-corrected chi connectivity index (χ2v) is 6.16. The summed E-state index contributed by atoms with van der Waals surface area (Å²) in [4.78, 5) is 37.9. The molecule has 1 fully saturated rings. The van der Waals surface area contributed by atoms with Crippen molar-refractivity contribution in [2.75, 3.05) is 23.4 Å². The van der Waals surface area contributed by atoms with Crippen LogP contribution < -0.4 is 10.2 Å². The van der Waals surface area contributed by atoms with Gasteiger partial charge in [0.25, 0.3) is 5.91 Å². The summed E-state index contributed by atoms with van der Waals surface area (Å²) in [5, 5.41) is 2.69. The Morgan fingerprint density at radius 1 is 1.15 bits per heavy atom. The van der Waals surface area contributed by atoms with E-state index in [0.717, 1.165) is 12.0 Å². The van der Waals surface area contributed by atoms with Gasteiger partial charge in [-0.05, 0) is 43.2 Å². The topological polar surface area (TPSA) is 75.7 Å². The minimum absolute atomic E-state index is 0.0116. The minimum atomic E-state index is -0.625. The molecule has 2 aromatic carbocycles. The Balaban J connectivity index is 1.63. The van der Waals surface area contributed by atoms with Gasteiger partial charge in [0, 0.05) is 18.7 Å². The fourth-order valence-electron chi connectivity index (χ4n) is 2.91. The normalized spacial score (nSPS) is 13.6. The van der Waals surface area contributed by atoms with Gasteiger partial charge in [-0.2, -0.15) is 0 Å². The van der Waals surface area contributed by atoms with Gasteiger partial charge in [0.1, 0.15) is 0 Å². The first-order chi connectivity index (χ1) is 12.5. The van der Waals surface area contributed by atoms with Crippen LogP contribution in [0.4, 0.5) is 11.4 Å². The number of carbonyl (C=O) groups is 3. The lowest BCUT2D eigenvalue weighted by Crippen LogP contribution is -2.27. The third kappa shape index (κ3) is 4.08. The molecule has 0 saturated carbocycles. The lowest BCUT2D eigenvalue weighted by Gasteiger charge is -2.18. The molecule has 0 aromatic heterocycles. The molecule has 1 heterocycles. The van der Waals surface area contributed by atoms with Crippen LogP contribution in [0.3, 0.4) is 0 Å². The molecule has 2 aromatic rings. The van der Waals surface area contributed by atoms with Crippen LogP contribution in [0.25, 0.3) is 0 Å². The fraction of sp³-hybridized carbons (Fsp3) is 0.250. The first kappa shape index (κ1) is 17.7. The molecule has 2 amide bonds. The van der Waals surface area contributed by atoms with Gasteiger partial charge in [-0.15, -0.1) is 0 Å². The van der Waals surface area contributed by atoms with E-state index in [1.54, 1.807) is 35.2 Å². The van der Waals surface area contributed by atoms with E-state index in [0.29, 0.717) is 24.3 Å². The lowest BCUT2D eigenvalue weighted by molar-refractivity contribution is -0.119. The molecular weight excluding hydrogens is 332 g/mol. The number of ether oxygens (including phenoxy) is 1. The molecule has 26 heavy (non-hydrogen) atoms. The van der Waals surface area contributed by atoms with Gasteiger partial charge >= 0.3 is 5.97 Å². The maximum absolute atomic E-state index is 12.4. The Labute approximate surface area is 151 Å². The van der Waals surface area contributed by atoms with Crippen LogP contribution in [-0.2, 0) is 14.3 Å². The van der Waals surface area contributed by atoms with Crippen molar-refractivity contribution < 1.29 is 19.1 Å². The molecule has 134 valence electrons. The molecule has 1 aliphatic heterocycles. The highest BCUT2D eigenvalue weighted by Crippen LogP contribution is 2.26. The second kappa shape index (κ2) is 7.82. The number of carbonyl (C=O) groups excluding carboxylic acids is 3. The molecular formula is C20H20N2O4. The Hall–Kier alpha value is -3.15. The van der Waals surface area contributed by atoms with Gasteiger partial charge in [0.2, 0.25) is 5.91 Å². The average molecular weight is 352 g/mol. The number of aryl methyl sites for hydroxylation is 1. The summed E-state index contributed by atoms with van der Waals surface area (Å²) in [6.07, 6.45) is 1.24. The number of para-hydroxylation sites is 1. The summed E-state index contributed by atoms with van der Waals surface area (Å²) in [5.41, 5.74) is 2.48. The molecule has 0 aliphatic carbocycles. The molecule has 0 atom stereocenters. The van der Waals surface area contributed by atoms with Crippen LogP contribution in [0.5, 0.6) is 0 Å². The number of amides is 2. The summed E-state index contributed by atoms with van der Waals surface area (Å²) in [6, 6.07) is 14.1. The standard InChI is InChI=1S/C20H20N2O4/c1-14-6-4-7-15(12-14)21-18(23)13-26-20(25)16-8-2-3-9-17(16)22-11-5-10-19(22)24/h2-4,6-9,12H,5,10-11,13H2,1H3,(H,21,23). The number of benzene rings is 2. The molecule has 0 spiro atoms. The van der Waals surface area contributed by atoms with Crippen LogP contribution in [0.2, 0.25) is 0 Å². The fourth-order valence-corrected chi connectivity index (χ4v) is 2.91. The van der Waals surface area contributed by atoms with Crippen molar-refractivity contribution in [3.8, 4) is 0 Å². The zero-order chi connectivity index (χ0) is 18.5. The number of hydrogen-bond donors (Lipinski definition) is 1. The van der Waals surface area contributed by atoms with Crippen molar-refractivity contribution >= 4 is 29.2 Å². The lowest BCUT2D eigenvalue weighted by atomic mass is 10.1. The van der Waals surface area contributed by atoms with E-state index in [1.807, 2.05) is 25.1 Å². The molecule has 1 aliphatic rings. The Morgan fingerprint density at radius 3 is 2.69 bits per heavy atom. The molecule has 0 bridgehead atoms. The molecule has 0 radical (unpaired) electrons. The highest BCUT2D eigenvalue weighted by atomic mass is 16.5. The van der Waals surface area contributed by atoms with Crippen molar-refractivity contribution in [2.24, 2.45) is 0 Å². The van der Waals surface area contributed by atoms with E-state index >= 15 is 0 Å². The largest absolute Gasteiger partial charge is 0.452 e. The van der Waals surface area contributed by atoms with Crippen LogP contribution in [0.15, 0.2) is 48.5 Å². The van der Waals surface area contributed by atoms with Crippen molar-refractivity contribution in [3.63, 3.8) is 0 Å². The van der Waals surface area contributed by atoms with Crippen molar-refractivity contribution in [3.05, 3.63) is 59.7 Å². The van der Waals surface area contributed by atoms with Gasteiger partial charge < -0.3 is 15.0 Å². The Morgan fingerprint density at radius 2 is 1.96 bits per heavy atom. The van der Waals surface area contributed by atoms with E-state index in [4.69, 9.17) is 4.74 Å². The van der Waals surface area contributed by atoms with Gasteiger partial charge in [-0.1, -0.05) is 24.3 Å². The zero-order valence-electron chi connectivity index (χ0n) is 14.5. The number of nitrogens with one attached hydrogen (secondary N) is 1. The summed E-state index contributed by atoms with van der Waals surface area (Å²) in [6.45, 7) is 2.11. The van der Waals surface area contributed by atoms with Crippen molar-refractivity contribution in [1.29, 1.82) is 0 Å². The number of rotatable bonds is 5. The quantitative estimate of drug-likeness (QED) is 0.840. The predicted molar refractivity (Wildman–Crippen MR) is 98.1 cm³/mol. The first-order valence-electron chi connectivity index (χ1n) is 8.47. The summed E-state index contributed by atoms with van der Waals surface area (Å²) < 4.78 is 5.14. The van der Waals surface area contributed by atoms with Gasteiger partial charge in [0.15, 0.2) is 6.61 Å². The van der Waals surface area contributed by atoms with Crippen LogP contribution >= 0.6 is 0 Å². The smallest absolute Gasteiger partial charge is 0.340 e. The highest BCUT2D eigenvalue weighted by Gasteiger charge is 2.26. The maximum atomic E-state index is 12.4. The number of nitrogens with zero attached hydrogens (tertiary/aromatic N) is 1. The molecule has 1 N–H and O–H groups in total. The number of anilines is 2. The Bertz CT molecular complexity index is 847. The second-order valence-electron chi connectivity index (χ2n) is 6.16. The summed E-state index contributed by atoms with van der Waals surface area (Å²) in [7, 11) is 0. The van der Waals surface area contributed by atoms with Crippen LogP contribution in [0, 0.1) is 6.92 Å². The van der Waals surface area contributed by atoms with Crippen LogP contribution in [-0.4, -0.2) is 30.9 Å². The van der Waals surface area contributed by atoms with Crippen LogP contribution in [0.1, 0.15) is 28.8 Å². The Kier molecular flexibility index (Phi) is 5.31. The third-order valence-corrected chi connectivity index (χ3v) is 4.12. The molecule has 6 heteroatoms. The van der Waals surface area contributed by atoms with E-state index in [9.17, 15) is 14.4 Å². The van der Waals surface area contributed by atoms with Gasteiger partial charge in [-0.3, -0.25) is 9.59 Å². The maximum Gasteiger partial charge on any atom is 0.340 e. The van der Waals surface area contributed by atoms with E-state index in [-0.39, 0.29) is 11.5 Å². The summed E-state index contributed by atoms with van der Waals surface area (Å²) >= 11 is 0. The van der Waals surface area contributed by atoms with E-state index < -0.39 is 18.5 Å². The average Bonchev–Trinajstić information content (AvgIpc) is 3.05. The van der Waals surface area contributed by atoms with E-state index in [2.05, 4.69) is 5.32 Å². The first-order valence-corrected chi connectivity index (χ1v) is 8.47. The number of esters is 1. The van der Waals surface area contributed by atoms with Gasteiger partial charge in [-0.25, -0.2) is 4.79 Å². The SMILES string of the molecule is Cc1cccc(NC(=O)COC(=O)c2ccccc2N2CCCC2=O)c1. The van der Waals surface area contributed by atoms with Crippen molar-refractivity contribution in [1.82, 2.24) is 0 Å². The minimum Gasteiger partial charge on any atom is -0.452 e. The zero-order valence-corrected chi connectivity index (χ0v) is 14.5. The molecule has 6 nitrogen and oxygen atoms in total. The highest BCUT2D eigenvalue weighted by molar-refractivity contribution is 6.04. The van der Waals surface area contributed by atoms with E-state index in [1.165, 1.54) is 0 Å². The molecule has 1 saturated heterocycles. The monoisotopic (exact) mass is 352 g/mol. The number of hydrogen-bond acceptors (Lipinski definition) is 4. The molecule has 3 rings (SSSR count). The molecule has 0 unspecified atom stereocenters. The predicted octanol–water partition coefficient (Wildman–Crippen LogP) is 2.92. The van der Waals surface area contributed by atoms with Gasteiger partial charge in [0.05, 0.1) is 11.3 Å².